The van der Waals surface area contributed by atoms with Crippen LogP contribution in [0.4, 0.5) is 0 Å². The number of rotatable bonds is 9. The normalized spacial score (nSPS) is 17.7. The number of unbranched alkanes of at least 4 members (excludes halogenated alkanes) is 1. The number of Topliss-reactive ketones (excluding diaryl/α,β-unsaturated/α-hetero) is 1. The number of H-pyrrole nitrogens is 1. The van der Waals surface area contributed by atoms with Gasteiger partial charge in [-0.15, -0.1) is 5.10 Å². The summed E-state index contributed by atoms with van der Waals surface area (Å²) in [6.45, 7) is 6.78. The number of carbonyl (C=O) groups is 1. The predicted octanol–water partition coefficient (Wildman–Crippen LogP) is 4.46. The Kier molecular flexibility index (Phi) is 7.12. The second-order valence-electron chi connectivity index (χ2n) is 10.2. The number of hydrogen-bond acceptors (Lipinski definition) is 6. The zero-order valence-corrected chi connectivity index (χ0v) is 21.6. The molecule has 0 spiro atoms. The van der Waals surface area contributed by atoms with Crippen LogP contribution in [0.15, 0.2) is 53.6 Å². The Morgan fingerprint density at radius 3 is 2.68 bits per heavy atom. The third-order valence-electron chi connectivity index (χ3n) is 7.44. The van der Waals surface area contributed by atoms with E-state index in [4.69, 9.17) is 0 Å². The minimum absolute atomic E-state index is 0.121. The summed E-state index contributed by atoms with van der Waals surface area (Å²) in [4.78, 5) is 31.2. The molecule has 3 aromatic heterocycles. The van der Waals surface area contributed by atoms with Crippen LogP contribution in [-0.2, 0) is 17.8 Å². The number of ketones is 1. The lowest BCUT2D eigenvalue weighted by atomic mass is 9.90. The van der Waals surface area contributed by atoms with Gasteiger partial charge < -0.3 is 0 Å². The van der Waals surface area contributed by atoms with Crippen LogP contribution in [0, 0.1) is 11.8 Å². The van der Waals surface area contributed by atoms with Crippen LogP contribution in [0.5, 0.6) is 0 Å². The molecular formula is C28H33N7O2. The first-order chi connectivity index (χ1) is 18.0. The van der Waals surface area contributed by atoms with Gasteiger partial charge in [0.05, 0.1) is 18.3 Å². The van der Waals surface area contributed by atoms with Gasteiger partial charge in [-0.25, -0.2) is 9.89 Å². The van der Waals surface area contributed by atoms with E-state index in [-0.39, 0.29) is 23.4 Å². The monoisotopic (exact) mass is 499 g/mol. The van der Waals surface area contributed by atoms with E-state index < -0.39 is 0 Å². The maximum Gasteiger partial charge on any atom is 0.329 e. The van der Waals surface area contributed by atoms with Gasteiger partial charge in [0.1, 0.15) is 0 Å². The molecule has 1 N–H and O–H groups in total. The van der Waals surface area contributed by atoms with E-state index in [0.717, 1.165) is 53.8 Å². The Hall–Kier alpha value is -3.88. The molecule has 1 aliphatic carbocycles. The number of tetrazole rings is 1. The number of imidazole rings is 1. The minimum Gasteiger partial charge on any atom is -0.297 e. The fourth-order valence-electron chi connectivity index (χ4n) is 5.42. The summed E-state index contributed by atoms with van der Waals surface area (Å²) in [7, 11) is 0. The number of carbonyl (C=O) groups excluding carboxylic acids is 1. The molecule has 1 fully saturated rings. The second-order valence-corrected chi connectivity index (χ2v) is 10.2. The van der Waals surface area contributed by atoms with Crippen molar-refractivity contribution in [3.05, 3.63) is 70.7 Å². The second kappa shape index (κ2) is 10.6. The first-order valence-corrected chi connectivity index (χ1v) is 13.1. The van der Waals surface area contributed by atoms with Crippen molar-refractivity contribution in [3.63, 3.8) is 0 Å². The zero-order valence-electron chi connectivity index (χ0n) is 21.6. The third-order valence-corrected chi connectivity index (χ3v) is 7.44. The van der Waals surface area contributed by atoms with Gasteiger partial charge in [-0.3, -0.25) is 18.9 Å². The molecule has 1 aromatic carbocycles. The van der Waals surface area contributed by atoms with E-state index in [1.54, 1.807) is 15.3 Å². The van der Waals surface area contributed by atoms with Crippen molar-refractivity contribution >= 4 is 5.78 Å². The van der Waals surface area contributed by atoms with Gasteiger partial charge in [-0.05, 0) is 70.9 Å². The molecule has 2 atom stereocenters. The molecule has 4 aromatic rings. The number of aromatic nitrogens is 7. The number of nitrogens with zero attached hydrogens (tertiary/aromatic N) is 6. The summed E-state index contributed by atoms with van der Waals surface area (Å²) >= 11 is 0. The van der Waals surface area contributed by atoms with E-state index in [1.165, 1.54) is 0 Å². The summed E-state index contributed by atoms with van der Waals surface area (Å²) in [5, 5.41) is 14.1. The lowest BCUT2D eigenvalue weighted by Crippen LogP contribution is -2.33. The fraction of sp³-hybridized carbons (Fsp3) is 0.429. The third kappa shape index (κ3) is 5.03. The molecule has 0 saturated heterocycles. The standard InChI is InChI=1S/C28H33N7O2/c1-4-5-9-23-17-35(26-24(18(2)3)10-11-25(26)36)28(37)34(23)16-22-15-20(12-13-29-22)19-7-6-8-21(14-19)27-30-32-33-31-27/h6-8,12-15,17-18,24,26H,4-5,9-11,16H2,1-3H3,(H,30,31,32,33). The predicted molar refractivity (Wildman–Crippen MR) is 141 cm³/mol. The average Bonchev–Trinajstić information content (AvgIpc) is 3.64. The van der Waals surface area contributed by atoms with Crippen LogP contribution in [0.1, 0.15) is 63.9 Å². The Labute approximate surface area is 216 Å². The molecule has 9 heteroatoms. The summed E-state index contributed by atoms with van der Waals surface area (Å²) in [5.41, 5.74) is 4.51. The first kappa shape index (κ1) is 24.8. The van der Waals surface area contributed by atoms with Crippen LogP contribution in [0.3, 0.4) is 0 Å². The van der Waals surface area contributed by atoms with Crippen molar-refractivity contribution in [1.82, 2.24) is 34.7 Å². The van der Waals surface area contributed by atoms with Crippen molar-refractivity contribution in [1.29, 1.82) is 0 Å². The van der Waals surface area contributed by atoms with Crippen LogP contribution in [0.25, 0.3) is 22.5 Å². The topological polar surface area (TPSA) is 111 Å². The molecule has 37 heavy (non-hydrogen) atoms. The lowest BCUT2D eigenvalue weighted by Gasteiger charge is -2.22. The van der Waals surface area contributed by atoms with Gasteiger partial charge in [0.25, 0.3) is 0 Å². The largest absolute Gasteiger partial charge is 0.329 e. The zero-order chi connectivity index (χ0) is 25.9. The van der Waals surface area contributed by atoms with Crippen molar-refractivity contribution in [3.8, 4) is 22.5 Å². The molecule has 9 nitrogen and oxygen atoms in total. The lowest BCUT2D eigenvalue weighted by molar-refractivity contribution is -0.120. The maximum atomic E-state index is 13.7. The number of pyridine rings is 1. The fourth-order valence-corrected chi connectivity index (χ4v) is 5.42. The SMILES string of the molecule is CCCCc1cn(C2C(=O)CCC2C(C)C)c(=O)n1Cc1cc(-c2cccc(-c3nnn[nH]3)c2)ccn1. The van der Waals surface area contributed by atoms with Gasteiger partial charge in [0.2, 0.25) is 0 Å². The van der Waals surface area contributed by atoms with Crippen molar-refractivity contribution < 1.29 is 4.79 Å². The molecule has 1 aliphatic rings. The number of aryl methyl sites for hydroxylation is 1. The van der Waals surface area contributed by atoms with E-state index in [2.05, 4.69) is 46.4 Å². The maximum absolute atomic E-state index is 13.7. The van der Waals surface area contributed by atoms with Crippen LogP contribution < -0.4 is 5.69 Å². The number of benzene rings is 1. The molecule has 1 saturated carbocycles. The Bertz CT molecular complexity index is 1430. The summed E-state index contributed by atoms with van der Waals surface area (Å²) in [6.07, 6.45) is 7.89. The van der Waals surface area contributed by atoms with E-state index >= 15 is 0 Å². The molecule has 3 heterocycles. The van der Waals surface area contributed by atoms with Crippen molar-refractivity contribution in [2.75, 3.05) is 0 Å². The Morgan fingerprint density at radius 2 is 1.92 bits per heavy atom. The highest BCUT2D eigenvalue weighted by molar-refractivity contribution is 5.85. The van der Waals surface area contributed by atoms with Gasteiger partial charge in [-0.2, -0.15) is 0 Å². The Morgan fingerprint density at radius 1 is 1.11 bits per heavy atom. The molecule has 5 rings (SSSR count). The quantitative estimate of drug-likeness (QED) is 0.364. The smallest absolute Gasteiger partial charge is 0.297 e. The molecule has 192 valence electrons. The molecular weight excluding hydrogens is 466 g/mol. The van der Waals surface area contributed by atoms with Gasteiger partial charge in [0, 0.05) is 30.1 Å². The molecule has 2 unspecified atom stereocenters. The van der Waals surface area contributed by atoms with Gasteiger partial charge >= 0.3 is 5.69 Å². The van der Waals surface area contributed by atoms with Crippen molar-refractivity contribution in [2.24, 2.45) is 11.8 Å². The number of aromatic amines is 1. The molecule has 0 aliphatic heterocycles. The first-order valence-electron chi connectivity index (χ1n) is 13.1. The van der Waals surface area contributed by atoms with E-state index in [1.807, 2.05) is 42.6 Å². The number of nitrogens with one attached hydrogen (secondary N) is 1. The van der Waals surface area contributed by atoms with E-state index in [9.17, 15) is 9.59 Å². The highest BCUT2D eigenvalue weighted by Crippen LogP contribution is 2.37. The summed E-state index contributed by atoms with van der Waals surface area (Å²) in [5.74, 6) is 1.30. The molecule has 0 bridgehead atoms. The molecule has 0 radical (unpaired) electrons. The van der Waals surface area contributed by atoms with Crippen molar-refractivity contribution in [2.45, 2.75) is 65.5 Å². The van der Waals surface area contributed by atoms with Gasteiger partial charge in [-0.1, -0.05) is 45.4 Å². The number of hydrogen-bond donors (Lipinski definition) is 1. The van der Waals surface area contributed by atoms with E-state index in [0.29, 0.717) is 24.7 Å². The Balaban J connectivity index is 1.48. The average molecular weight is 500 g/mol. The minimum atomic E-state index is -0.373. The van der Waals surface area contributed by atoms with Crippen LogP contribution in [0.2, 0.25) is 0 Å². The molecule has 0 amide bonds. The summed E-state index contributed by atoms with van der Waals surface area (Å²) < 4.78 is 3.52. The van der Waals surface area contributed by atoms with Crippen LogP contribution >= 0.6 is 0 Å². The highest BCUT2D eigenvalue weighted by Gasteiger charge is 2.39. The summed E-state index contributed by atoms with van der Waals surface area (Å²) in [6, 6.07) is 11.6. The highest BCUT2D eigenvalue weighted by atomic mass is 16.2. The van der Waals surface area contributed by atoms with Crippen LogP contribution in [-0.4, -0.2) is 40.5 Å². The van der Waals surface area contributed by atoms with Gasteiger partial charge in [0.15, 0.2) is 11.6 Å².